The maximum atomic E-state index is 16.4. The van der Waals surface area contributed by atoms with E-state index in [9.17, 15) is 24.0 Å². The molecule has 4 saturated heterocycles. The number of benzene rings is 3. The molecule has 11 rings (SSSR count). The van der Waals surface area contributed by atoms with Gasteiger partial charge in [0.2, 0.25) is 23.6 Å². The van der Waals surface area contributed by atoms with Gasteiger partial charge in [0.25, 0.3) is 0 Å². The highest BCUT2D eigenvalue weighted by atomic mass is 35.5. The second kappa shape index (κ2) is 18.5. The number of aryl methyl sites for hydroxylation is 1. The minimum atomic E-state index is -1.26. The van der Waals surface area contributed by atoms with Crippen LogP contribution in [0.2, 0.25) is 10.0 Å². The molecule has 6 fully saturated rings. The maximum absolute atomic E-state index is 16.4. The number of likely N-dealkylation sites (tertiary alicyclic amines) is 2. The van der Waals surface area contributed by atoms with E-state index < -0.39 is 40.7 Å². The molecule has 3 aromatic carbocycles. The molecule has 7 aliphatic rings. The van der Waals surface area contributed by atoms with Crippen molar-refractivity contribution in [3.8, 4) is 0 Å². The molecule has 17 heteroatoms. The number of nitrogens with zero attached hydrogens (tertiary/aromatic N) is 4. The predicted molar refractivity (Wildman–Crippen MR) is 261 cm³/mol. The first-order valence-electron chi connectivity index (χ1n) is 25.1. The van der Waals surface area contributed by atoms with Gasteiger partial charge >= 0.3 is 5.69 Å². The van der Waals surface area contributed by atoms with E-state index in [1.807, 2.05) is 24.3 Å². The number of ether oxygens (including phenoxy) is 1. The SMILES string of the molecule is Cn1c(=O)n(C2CCC(=O)NC2=O)c2ccc(CN3CC(OC4CCN(CC5CCC(NC(=O)[C@@H]6NC7(CCCCC7)[C@@]7(C(=O)Nc8cc(Cl)ccc87)[C@H]6c6cccc(Cl)c6F)CC5)CC4)C3)cc21. The zero-order valence-corrected chi connectivity index (χ0v) is 40.6. The van der Waals surface area contributed by atoms with E-state index in [4.69, 9.17) is 27.9 Å². The Balaban J connectivity index is 0.668. The highest BCUT2D eigenvalue weighted by Gasteiger charge is 2.72. The number of rotatable bonds is 10. The Kier molecular flexibility index (Phi) is 12.5. The van der Waals surface area contributed by atoms with Crippen molar-refractivity contribution in [2.75, 3.05) is 38.0 Å². The summed E-state index contributed by atoms with van der Waals surface area (Å²) in [6.07, 6.45) is 10.8. The van der Waals surface area contributed by atoms with E-state index in [2.05, 4.69) is 31.1 Å². The number of fused-ring (bicyclic) bond motifs is 4. The molecule has 5 aliphatic heterocycles. The Morgan fingerprint density at radius 3 is 2.38 bits per heavy atom. The normalized spacial score (nSPS) is 28.8. The molecule has 2 saturated carbocycles. The smallest absolute Gasteiger partial charge is 0.329 e. The molecular weight excluding hydrogens is 923 g/mol. The number of aromatic nitrogens is 2. The van der Waals surface area contributed by atoms with Crippen LogP contribution in [0.15, 0.2) is 59.4 Å². The molecule has 2 aliphatic carbocycles. The molecule has 69 heavy (non-hydrogen) atoms. The van der Waals surface area contributed by atoms with Gasteiger partial charge in [0, 0.05) is 80.9 Å². The Labute approximate surface area is 410 Å². The van der Waals surface area contributed by atoms with Crippen LogP contribution in [-0.2, 0) is 42.9 Å². The number of hydrogen-bond acceptors (Lipinski definition) is 9. The van der Waals surface area contributed by atoms with Crippen molar-refractivity contribution in [3.05, 3.63) is 97.6 Å². The fourth-order valence-corrected chi connectivity index (χ4v) is 14.0. The third-order valence-electron chi connectivity index (χ3n) is 16.9. The van der Waals surface area contributed by atoms with Crippen molar-refractivity contribution in [1.29, 1.82) is 0 Å². The average Bonchev–Trinajstić information content (AvgIpc) is 3.88. The molecule has 1 aromatic heterocycles. The van der Waals surface area contributed by atoms with Gasteiger partial charge in [-0.3, -0.25) is 43.8 Å². The van der Waals surface area contributed by atoms with Crippen LogP contribution in [-0.4, -0.2) is 105 Å². The van der Waals surface area contributed by atoms with Crippen molar-refractivity contribution >= 4 is 63.6 Å². The first kappa shape index (κ1) is 46.7. The van der Waals surface area contributed by atoms with E-state index in [0.717, 1.165) is 114 Å². The van der Waals surface area contributed by atoms with Crippen LogP contribution in [0.4, 0.5) is 10.1 Å². The van der Waals surface area contributed by atoms with Gasteiger partial charge in [-0.05, 0) is 111 Å². The number of hydrogen-bond donors (Lipinski definition) is 4. The van der Waals surface area contributed by atoms with E-state index in [-0.39, 0.29) is 58.7 Å². The highest BCUT2D eigenvalue weighted by Crippen LogP contribution is 2.63. The summed E-state index contributed by atoms with van der Waals surface area (Å²) in [5.41, 5.74) is 1.87. The first-order valence-corrected chi connectivity index (χ1v) is 25.8. The molecule has 4 aromatic rings. The topological polar surface area (TPSA) is 159 Å². The molecule has 0 bridgehead atoms. The second-order valence-electron chi connectivity index (χ2n) is 21.0. The van der Waals surface area contributed by atoms with Gasteiger partial charge in [-0.2, -0.15) is 0 Å². The second-order valence-corrected chi connectivity index (χ2v) is 21.9. The number of nitrogens with one attached hydrogen (secondary N) is 4. The molecule has 366 valence electrons. The number of amides is 4. The van der Waals surface area contributed by atoms with Crippen LogP contribution in [0.5, 0.6) is 0 Å². The van der Waals surface area contributed by atoms with Gasteiger partial charge in [-0.25, -0.2) is 9.18 Å². The van der Waals surface area contributed by atoms with E-state index in [0.29, 0.717) is 41.4 Å². The summed E-state index contributed by atoms with van der Waals surface area (Å²) in [6.45, 7) is 5.46. The summed E-state index contributed by atoms with van der Waals surface area (Å²) in [5.74, 6) is -2.09. The summed E-state index contributed by atoms with van der Waals surface area (Å²) in [5, 5.41) is 13.1. The van der Waals surface area contributed by atoms with Gasteiger partial charge < -0.3 is 20.3 Å². The number of piperidine rings is 2. The number of imidazole rings is 1. The summed E-state index contributed by atoms with van der Waals surface area (Å²) in [4.78, 5) is 71.9. The molecular formula is C52H61Cl2FN8O6. The zero-order valence-electron chi connectivity index (χ0n) is 39.0. The highest BCUT2D eigenvalue weighted by molar-refractivity contribution is 6.31. The van der Waals surface area contributed by atoms with Gasteiger partial charge in [-0.15, -0.1) is 0 Å². The summed E-state index contributed by atoms with van der Waals surface area (Å²) in [7, 11) is 1.72. The molecule has 2 spiro atoms. The van der Waals surface area contributed by atoms with Gasteiger partial charge in [0.05, 0.1) is 34.3 Å². The lowest BCUT2D eigenvalue weighted by Crippen LogP contribution is -2.60. The molecule has 0 radical (unpaired) electrons. The number of imide groups is 1. The van der Waals surface area contributed by atoms with Crippen LogP contribution in [0.25, 0.3) is 11.0 Å². The molecule has 1 unspecified atom stereocenters. The largest absolute Gasteiger partial charge is 0.372 e. The Morgan fingerprint density at radius 1 is 0.855 bits per heavy atom. The standard InChI is InChI=1S/C52H61Cl2FN8O6/c1-60-42-24-31(10-15-40(42)63(50(60)68)41-16-17-43(64)58-47(41)65)27-62-28-35(29-62)69-34-18-22-61(23-19-34)26-30-8-12-33(13-9-30)56-48(66)46-44(36-6-5-7-38(54)45(36)55)52(51(59-46)20-3-2-4-21-51)37-14-11-32(53)25-39(37)57-49(52)67/h5-7,10-11,14-15,24-25,30,33-35,41,44,46,59H,2-4,8-9,12-13,16-23,26-29H2,1H3,(H,56,66)(H,57,67)(H,58,64,65)/t30?,33?,41?,44-,46+,52+/m0/s1. The predicted octanol–water partition coefficient (Wildman–Crippen LogP) is 6.45. The van der Waals surface area contributed by atoms with Gasteiger partial charge in [0.1, 0.15) is 17.3 Å². The lowest BCUT2D eigenvalue weighted by atomic mass is 9.55. The Hall–Kier alpha value is -4.64. The molecule has 14 nitrogen and oxygen atoms in total. The quantitative estimate of drug-likeness (QED) is 0.131. The molecule has 4 N–H and O–H groups in total. The van der Waals surface area contributed by atoms with Crippen molar-refractivity contribution in [3.63, 3.8) is 0 Å². The number of carbonyl (C=O) groups is 4. The minimum Gasteiger partial charge on any atom is -0.372 e. The van der Waals surface area contributed by atoms with Crippen LogP contribution in [0.1, 0.15) is 112 Å². The van der Waals surface area contributed by atoms with Crippen molar-refractivity contribution in [2.24, 2.45) is 13.0 Å². The Bertz CT molecular complexity index is 2750. The van der Waals surface area contributed by atoms with E-state index in [1.54, 1.807) is 35.9 Å². The number of anilines is 1. The monoisotopic (exact) mass is 982 g/mol. The van der Waals surface area contributed by atoms with Crippen molar-refractivity contribution in [1.82, 2.24) is 34.9 Å². The fourth-order valence-electron chi connectivity index (χ4n) is 13.6. The number of carbonyl (C=O) groups excluding carboxylic acids is 4. The fraction of sp³-hybridized carbons (Fsp3) is 0.558. The van der Waals surface area contributed by atoms with E-state index in [1.165, 1.54) is 10.6 Å². The third kappa shape index (κ3) is 8.22. The van der Waals surface area contributed by atoms with E-state index >= 15 is 4.39 Å². The van der Waals surface area contributed by atoms with Crippen LogP contribution in [0, 0.1) is 11.7 Å². The molecule has 6 heterocycles. The zero-order chi connectivity index (χ0) is 47.8. The third-order valence-corrected chi connectivity index (χ3v) is 17.5. The molecule has 4 amide bonds. The Morgan fingerprint density at radius 2 is 1.62 bits per heavy atom. The minimum absolute atomic E-state index is 0.0208. The van der Waals surface area contributed by atoms with Crippen molar-refractivity contribution < 1.29 is 28.3 Å². The van der Waals surface area contributed by atoms with Gasteiger partial charge in [0.15, 0.2) is 0 Å². The van der Waals surface area contributed by atoms with Gasteiger partial charge in [-0.1, -0.05) is 66.7 Å². The summed E-state index contributed by atoms with van der Waals surface area (Å²) < 4.78 is 26.0. The maximum Gasteiger partial charge on any atom is 0.329 e. The van der Waals surface area contributed by atoms with Crippen LogP contribution < -0.4 is 27.0 Å². The number of halogens is 3. The lowest BCUT2D eigenvalue weighted by molar-refractivity contribution is -0.136. The first-order chi connectivity index (χ1) is 33.3. The van der Waals surface area contributed by atoms with Crippen LogP contribution in [0.3, 0.4) is 0 Å². The summed E-state index contributed by atoms with van der Waals surface area (Å²) >= 11 is 12.9. The summed E-state index contributed by atoms with van der Waals surface area (Å²) in [6, 6.07) is 14.7. The van der Waals surface area contributed by atoms with Crippen LogP contribution >= 0.6 is 23.2 Å². The average molecular weight is 984 g/mol. The van der Waals surface area contributed by atoms with Crippen molar-refractivity contribution in [2.45, 2.75) is 137 Å². The lowest BCUT2D eigenvalue weighted by Gasteiger charge is -2.47. The molecule has 4 atom stereocenters.